The van der Waals surface area contributed by atoms with E-state index in [9.17, 15) is 4.79 Å². The van der Waals surface area contributed by atoms with Crippen molar-refractivity contribution in [3.05, 3.63) is 24.2 Å². The molecule has 1 unspecified atom stereocenters. The highest BCUT2D eigenvalue weighted by Gasteiger charge is 2.17. The molecule has 5 heteroatoms. The Morgan fingerprint density at radius 1 is 1.42 bits per heavy atom. The molecule has 0 saturated heterocycles. The molecule has 1 N–H and O–H groups in total. The molecule has 0 aliphatic carbocycles. The molecule has 5 nitrogen and oxygen atoms in total. The summed E-state index contributed by atoms with van der Waals surface area (Å²) < 4.78 is 5.33. The molecular formula is C14H24N2O3. The summed E-state index contributed by atoms with van der Waals surface area (Å²) in [5.74, 6) is -0.242. The minimum Gasteiger partial charge on any atom is -0.481 e. The topological polar surface area (TPSA) is 56.9 Å². The van der Waals surface area contributed by atoms with Crippen molar-refractivity contribution >= 4 is 5.97 Å². The molecule has 0 spiro atoms. The number of carboxylic acid groups (broad SMARTS) is 1. The number of furan rings is 1. The van der Waals surface area contributed by atoms with E-state index < -0.39 is 5.97 Å². The molecule has 1 heterocycles. The third kappa shape index (κ3) is 6.40. The fourth-order valence-corrected chi connectivity index (χ4v) is 1.93. The molecule has 19 heavy (non-hydrogen) atoms. The predicted molar refractivity (Wildman–Crippen MR) is 74.0 cm³/mol. The molecule has 0 aliphatic rings. The summed E-state index contributed by atoms with van der Waals surface area (Å²) >= 11 is 0. The van der Waals surface area contributed by atoms with Crippen molar-refractivity contribution in [2.45, 2.75) is 19.9 Å². The van der Waals surface area contributed by atoms with Crippen molar-refractivity contribution in [2.24, 2.45) is 5.92 Å². The van der Waals surface area contributed by atoms with Gasteiger partial charge in [0, 0.05) is 6.54 Å². The molecule has 0 radical (unpaired) electrons. The molecule has 1 aromatic rings. The van der Waals surface area contributed by atoms with Crippen LogP contribution in [0.1, 0.15) is 19.1 Å². The molecule has 0 aromatic carbocycles. The molecule has 1 aromatic heterocycles. The highest BCUT2D eigenvalue weighted by molar-refractivity contribution is 5.69. The first-order valence-corrected chi connectivity index (χ1v) is 6.61. The zero-order valence-corrected chi connectivity index (χ0v) is 12.0. The summed E-state index contributed by atoms with van der Waals surface area (Å²) in [5, 5.41) is 9.01. The normalized spacial score (nSPS) is 13.1. The van der Waals surface area contributed by atoms with Crippen molar-refractivity contribution in [3.63, 3.8) is 0 Å². The van der Waals surface area contributed by atoms with Gasteiger partial charge in [0.05, 0.1) is 18.7 Å². The largest absolute Gasteiger partial charge is 0.481 e. The molecule has 0 fully saturated rings. The average Bonchev–Trinajstić information content (AvgIpc) is 2.80. The standard InChI is InChI=1S/C14H24N2O3/c1-12(14(17)18)10-16(8-5-7-15(2)3)11-13-6-4-9-19-13/h4,6,9,12H,5,7-8,10-11H2,1-3H3,(H,17,18). The number of hydrogen-bond donors (Lipinski definition) is 1. The van der Waals surface area contributed by atoms with Gasteiger partial charge in [-0.2, -0.15) is 0 Å². The second kappa shape index (κ2) is 7.96. The highest BCUT2D eigenvalue weighted by Crippen LogP contribution is 2.09. The number of carboxylic acids is 1. The lowest BCUT2D eigenvalue weighted by atomic mass is 10.1. The maximum atomic E-state index is 11.0. The lowest BCUT2D eigenvalue weighted by molar-refractivity contribution is -0.141. The Hall–Kier alpha value is -1.33. The molecule has 0 saturated carbocycles. The third-order valence-electron chi connectivity index (χ3n) is 2.99. The van der Waals surface area contributed by atoms with Gasteiger partial charge in [0.2, 0.25) is 0 Å². The van der Waals surface area contributed by atoms with E-state index in [0.717, 1.165) is 25.3 Å². The monoisotopic (exact) mass is 268 g/mol. The zero-order chi connectivity index (χ0) is 14.3. The minimum atomic E-state index is -0.753. The van der Waals surface area contributed by atoms with Gasteiger partial charge in [-0.1, -0.05) is 6.92 Å². The Balaban J connectivity index is 2.49. The fraction of sp³-hybridized carbons (Fsp3) is 0.643. The molecule has 0 bridgehead atoms. The Morgan fingerprint density at radius 3 is 2.68 bits per heavy atom. The predicted octanol–water partition coefficient (Wildman–Crippen LogP) is 1.75. The SMILES string of the molecule is CC(CN(CCCN(C)C)Cc1ccco1)C(=O)O. The summed E-state index contributed by atoms with van der Waals surface area (Å²) in [7, 11) is 4.08. The van der Waals surface area contributed by atoms with Crippen LogP contribution in [0.5, 0.6) is 0 Å². The van der Waals surface area contributed by atoms with E-state index in [1.807, 2.05) is 26.2 Å². The maximum Gasteiger partial charge on any atom is 0.307 e. The fourth-order valence-electron chi connectivity index (χ4n) is 1.93. The second-order valence-electron chi connectivity index (χ2n) is 5.21. The van der Waals surface area contributed by atoms with E-state index in [1.165, 1.54) is 0 Å². The molecular weight excluding hydrogens is 244 g/mol. The summed E-state index contributed by atoms with van der Waals surface area (Å²) in [4.78, 5) is 15.2. The Morgan fingerprint density at radius 2 is 2.16 bits per heavy atom. The molecule has 1 rings (SSSR count). The van der Waals surface area contributed by atoms with Crippen LogP contribution in [-0.4, -0.2) is 54.6 Å². The van der Waals surface area contributed by atoms with Crippen LogP contribution >= 0.6 is 0 Å². The van der Waals surface area contributed by atoms with E-state index in [1.54, 1.807) is 13.2 Å². The molecule has 0 aliphatic heterocycles. The zero-order valence-electron chi connectivity index (χ0n) is 12.0. The first-order valence-electron chi connectivity index (χ1n) is 6.61. The minimum absolute atomic E-state index is 0.366. The summed E-state index contributed by atoms with van der Waals surface area (Å²) in [5.41, 5.74) is 0. The van der Waals surface area contributed by atoms with Crippen molar-refractivity contribution in [2.75, 3.05) is 33.7 Å². The van der Waals surface area contributed by atoms with Crippen LogP contribution in [0.3, 0.4) is 0 Å². The molecule has 108 valence electrons. The van der Waals surface area contributed by atoms with Gasteiger partial charge in [-0.3, -0.25) is 9.69 Å². The van der Waals surface area contributed by atoms with Crippen LogP contribution in [-0.2, 0) is 11.3 Å². The first-order chi connectivity index (χ1) is 8.99. The maximum absolute atomic E-state index is 11.0. The van der Waals surface area contributed by atoms with Crippen LogP contribution in [0.25, 0.3) is 0 Å². The van der Waals surface area contributed by atoms with Gasteiger partial charge in [-0.15, -0.1) is 0 Å². The Kier molecular flexibility index (Phi) is 6.59. The van der Waals surface area contributed by atoms with Crippen molar-refractivity contribution in [1.82, 2.24) is 9.80 Å². The van der Waals surface area contributed by atoms with E-state index in [4.69, 9.17) is 9.52 Å². The smallest absolute Gasteiger partial charge is 0.307 e. The Labute approximate surface area is 114 Å². The summed E-state index contributed by atoms with van der Waals surface area (Å²) in [6.45, 7) is 4.82. The van der Waals surface area contributed by atoms with Crippen LogP contribution in [0.4, 0.5) is 0 Å². The van der Waals surface area contributed by atoms with Crippen LogP contribution in [0.15, 0.2) is 22.8 Å². The van der Waals surface area contributed by atoms with Crippen molar-refractivity contribution in [3.8, 4) is 0 Å². The van der Waals surface area contributed by atoms with Gasteiger partial charge < -0.3 is 14.4 Å². The van der Waals surface area contributed by atoms with Crippen molar-refractivity contribution < 1.29 is 14.3 Å². The van der Waals surface area contributed by atoms with E-state index in [0.29, 0.717) is 13.1 Å². The number of nitrogens with zero attached hydrogens (tertiary/aromatic N) is 2. The van der Waals surface area contributed by atoms with E-state index in [2.05, 4.69) is 9.80 Å². The van der Waals surface area contributed by atoms with Crippen LogP contribution in [0.2, 0.25) is 0 Å². The second-order valence-corrected chi connectivity index (χ2v) is 5.21. The van der Waals surface area contributed by atoms with Gasteiger partial charge in [0.15, 0.2) is 0 Å². The van der Waals surface area contributed by atoms with E-state index >= 15 is 0 Å². The average molecular weight is 268 g/mol. The van der Waals surface area contributed by atoms with Gasteiger partial charge >= 0.3 is 5.97 Å². The first kappa shape index (κ1) is 15.7. The van der Waals surface area contributed by atoms with Crippen LogP contribution in [0, 0.1) is 5.92 Å². The molecule has 1 atom stereocenters. The summed E-state index contributed by atoms with van der Waals surface area (Å²) in [6, 6.07) is 3.78. The number of aliphatic carboxylic acids is 1. The third-order valence-corrected chi connectivity index (χ3v) is 2.99. The number of rotatable bonds is 9. The summed E-state index contributed by atoms with van der Waals surface area (Å²) in [6.07, 6.45) is 2.66. The molecule has 0 amide bonds. The van der Waals surface area contributed by atoms with Crippen molar-refractivity contribution in [1.29, 1.82) is 0 Å². The van der Waals surface area contributed by atoms with Gasteiger partial charge in [-0.05, 0) is 45.7 Å². The van der Waals surface area contributed by atoms with Gasteiger partial charge in [-0.25, -0.2) is 0 Å². The van der Waals surface area contributed by atoms with Crippen LogP contribution < -0.4 is 0 Å². The van der Waals surface area contributed by atoms with Gasteiger partial charge in [0.1, 0.15) is 5.76 Å². The Bertz CT molecular complexity index is 363. The number of hydrogen-bond acceptors (Lipinski definition) is 4. The lowest BCUT2D eigenvalue weighted by Crippen LogP contribution is -2.33. The van der Waals surface area contributed by atoms with Gasteiger partial charge in [0.25, 0.3) is 0 Å². The quantitative estimate of drug-likeness (QED) is 0.739. The highest BCUT2D eigenvalue weighted by atomic mass is 16.4. The van der Waals surface area contributed by atoms with E-state index in [-0.39, 0.29) is 5.92 Å². The number of carbonyl (C=O) groups is 1. The lowest BCUT2D eigenvalue weighted by Gasteiger charge is -2.23.